The highest BCUT2D eigenvalue weighted by atomic mass is 35.5. The molecule has 0 fully saturated rings. The number of nitrogens with zero attached hydrogens (tertiary/aromatic N) is 3. The van der Waals surface area contributed by atoms with Gasteiger partial charge in [-0.1, -0.05) is 35.9 Å². The van der Waals surface area contributed by atoms with Gasteiger partial charge in [-0.05, 0) is 48.5 Å². The van der Waals surface area contributed by atoms with Crippen LogP contribution < -0.4 is 10.9 Å². The number of carbonyl (C=O) groups is 1. The molecule has 32 heavy (non-hydrogen) atoms. The zero-order valence-corrected chi connectivity index (χ0v) is 17.4. The molecule has 0 spiro atoms. The molecular formula is C24H16ClFN4O2. The predicted octanol–water partition coefficient (Wildman–Crippen LogP) is 4.75. The van der Waals surface area contributed by atoms with E-state index in [0.717, 1.165) is 0 Å². The Kier molecular flexibility index (Phi) is 4.95. The van der Waals surface area contributed by atoms with Crippen LogP contribution >= 0.6 is 11.6 Å². The Labute approximate surface area is 186 Å². The van der Waals surface area contributed by atoms with Crippen LogP contribution in [0.3, 0.4) is 0 Å². The van der Waals surface area contributed by atoms with Crippen LogP contribution in [0.2, 0.25) is 5.02 Å². The first-order valence-electron chi connectivity index (χ1n) is 9.82. The lowest BCUT2D eigenvalue weighted by atomic mass is 10.1. The van der Waals surface area contributed by atoms with E-state index >= 15 is 0 Å². The topological polar surface area (TPSA) is 68.4 Å². The van der Waals surface area contributed by atoms with Gasteiger partial charge < -0.3 is 9.88 Å². The first kappa shape index (κ1) is 20.0. The van der Waals surface area contributed by atoms with E-state index in [2.05, 4.69) is 10.3 Å². The number of fused-ring (bicyclic) bond motifs is 3. The van der Waals surface area contributed by atoms with Gasteiger partial charge in [-0.2, -0.15) is 0 Å². The van der Waals surface area contributed by atoms with Gasteiger partial charge in [-0.15, -0.1) is 0 Å². The van der Waals surface area contributed by atoms with E-state index in [0.29, 0.717) is 38.8 Å². The van der Waals surface area contributed by atoms with E-state index in [4.69, 9.17) is 11.6 Å². The maximum atomic E-state index is 13.3. The van der Waals surface area contributed by atoms with E-state index in [1.54, 1.807) is 47.0 Å². The minimum absolute atomic E-state index is 0.0818. The second-order valence-electron chi connectivity index (χ2n) is 7.22. The molecule has 0 bridgehead atoms. The SMILES string of the molecule is O=C(Cn1c2ccccc2n2c(=O)cc(-c3ccc(F)cc3)nc12)Nc1ccccc1Cl. The average molecular weight is 447 g/mol. The number of amides is 1. The number of anilines is 1. The Morgan fingerprint density at radius 3 is 2.41 bits per heavy atom. The summed E-state index contributed by atoms with van der Waals surface area (Å²) in [6, 6.07) is 21.4. The van der Waals surface area contributed by atoms with E-state index < -0.39 is 0 Å². The molecule has 0 aliphatic heterocycles. The molecule has 0 aliphatic carbocycles. The van der Waals surface area contributed by atoms with Crippen LogP contribution in [0, 0.1) is 5.82 Å². The van der Waals surface area contributed by atoms with Gasteiger partial charge >= 0.3 is 0 Å². The summed E-state index contributed by atoms with van der Waals surface area (Å²) in [5.74, 6) is -0.382. The lowest BCUT2D eigenvalue weighted by molar-refractivity contribution is -0.116. The second kappa shape index (κ2) is 7.94. The third kappa shape index (κ3) is 3.52. The van der Waals surface area contributed by atoms with Crippen molar-refractivity contribution < 1.29 is 9.18 Å². The number of benzene rings is 3. The first-order valence-corrected chi connectivity index (χ1v) is 10.2. The molecule has 3 aromatic carbocycles. The minimum atomic E-state index is -0.378. The highest BCUT2D eigenvalue weighted by Gasteiger charge is 2.17. The minimum Gasteiger partial charge on any atom is -0.323 e. The van der Waals surface area contributed by atoms with Crippen LogP contribution in [0.5, 0.6) is 0 Å². The van der Waals surface area contributed by atoms with Crippen molar-refractivity contribution in [1.29, 1.82) is 0 Å². The monoisotopic (exact) mass is 446 g/mol. The Morgan fingerprint density at radius 2 is 1.66 bits per heavy atom. The van der Waals surface area contributed by atoms with Gasteiger partial charge in [0.25, 0.3) is 5.56 Å². The smallest absolute Gasteiger partial charge is 0.260 e. The van der Waals surface area contributed by atoms with Gasteiger partial charge in [0.2, 0.25) is 11.7 Å². The number of hydrogen-bond acceptors (Lipinski definition) is 3. The van der Waals surface area contributed by atoms with Crippen LogP contribution in [0.25, 0.3) is 28.1 Å². The van der Waals surface area contributed by atoms with Crippen molar-refractivity contribution in [3.05, 3.63) is 100 Å². The standard InChI is InChI=1S/C24H16ClFN4O2/c25-17-5-1-2-6-18(17)27-22(31)14-29-20-7-3-4-8-21(20)30-23(32)13-19(28-24(29)30)15-9-11-16(26)12-10-15/h1-13H,14H2,(H,27,31). The third-order valence-electron chi connectivity index (χ3n) is 5.15. The zero-order valence-electron chi connectivity index (χ0n) is 16.6. The number of hydrogen-bond donors (Lipinski definition) is 1. The Balaban J connectivity index is 1.64. The molecule has 0 saturated carbocycles. The highest BCUT2D eigenvalue weighted by Crippen LogP contribution is 2.23. The van der Waals surface area contributed by atoms with Crippen molar-refractivity contribution in [2.75, 3.05) is 5.32 Å². The van der Waals surface area contributed by atoms with Crippen molar-refractivity contribution in [3.63, 3.8) is 0 Å². The number of aromatic nitrogens is 3. The molecule has 6 nitrogen and oxygen atoms in total. The molecule has 0 atom stereocenters. The molecule has 0 radical (unpaired) electrons. The van der Waals surface area contributed by atoms with Crippen LogP contribution in [-0.4, -0.2) is 19.9 Å². The summed E-state index contributed by atoms with van der Waals surface area (Å²) in [5.41, 5.74) is 2.51. The van der Waals surface area contributed by atoms with Crippen LogP contribution in [0.4, 0.5) is 10.1 Å². The summed E-state index contributed by atoms with van der Waals surface area (Å²) in [4.78, 5) is 30.5. The summed E-state index contributed by atoms with van der Waals surface area (Å²) in [5, 5.41) is 3.22. The number of rotatable bonds is 4. The quantitative estimate of drug-likeness (QED) is 0.433. The molecule has 0 unspecified atom stereocenters. The Morgan fingerprint density at radius 1 is 0.969 bits per heavy atom. The molecule has 8 heteroatoms. The summed E-state index contributed by atoms with van der Waals surface area (Å²) < 4.78 is 16.5. The largest absolute Gasteiger partial charge is 0.323 e. The molecule has 0 saturated heterocycles. The number of nitrogens with one attached hydrogen (secondary N) is 1. The summed E-state index contributed by atoms with van der Waals surface area (Å²) >= 11 is 6.15. The number of carbonyl (C=O) groups excluding carboxylic acids is 1. The molecule has 5 rings (SSSR count). The third-order valence-corrected chi connectivity index (χ3v) is 5.48. The number of imidazole rings is 1. The van der Waals surface area contributed by atoms with Gasteiger partial charge in [-0.25, -0.2) is 13.8 Å². The Bertz CT molecular complexity index is 1540. The molecule has 2 aromatic heterocycles. The predicted molar refractivity (Wildman–Crippen MR) is 122 cm³/mol. The average Bonchev–Trinajstić information content (AvgIpc) is 3.10. The van der Waals surface area contributed by atoms with Gasteiger partial charge in [0.05, 0.1) is 27.4 Å². The van der Waals surface area contributed by atoms with Crippen molar-refractivity contribution >= 4 is 40.0 Å². The van der Waals surface area contributed by atoms with Crippen LogP contribution in [-0.2, 0) is 11.3 Å². The van der Waals surface area contributed by atoms with E-state index in [1.807, 2.05) is 18.2 Å². The molecule has 2 heterocycles. The van der Waals surface area contributed by atoms with Crippen molar-refractivity contribution in [2.45, 2.75) is 6.54 Å². The summed E-state index contributed by atoms with van der Waals surface area (Å²) in [7, 11) is 0. The molecule has 0 aliphatic rings. The fourth-order valence-corrected chi connectivity index (χ4v) is 3.87. The fraction of sp³-hybridized carbons (Fsp3) is 0.0417. The van der Waals surface area contributed by atoms with E-state index in [1.165, 1.54) is 22.6 Å². The molecule has 158 valence electrons. The zero-order chi connectivity index (χ0) is 22.2. The number of para-hydroxylation sites is 3. The fourth-order valence-electron chi connectivity index (χ4n) is 3.69. The van der Waals surface area contributed by atoms with Gasteiger partial charge in [0, 0.05) is 11.6 Å². The Hall–Kier alpha value is -3.97. The van der Waals surface area contributed by atoms with Crippen molar-refractivity contribution in [3.8, 4) is 11.3 Å². The summed E-state index contributed by atoms with van der Waals surface area (Å²) in [6.45, 7) is -0.0818. The van der Waals surface area contributed by atoms with Gasteiger partial charge in [0.1, 0.15) is 12.4 Å². The maximum Gasteiger partial charge on any atom is 0.260 e. The first-order chi connectivity index (χ1) is 15.5. The van der Waals surface area contributed by atoms with Crippen LogP contribution in [0.15, 0.2) is 83.7 Å². The summed E-state index contributed by atoms with van der Waals surface area (Å²) in [6.07, 6.45) is 0. The van der Waals surface area contributed by atoms with E-state index in [9.17, 15) is 14.0 Å². The lowest BCUT2D eigenvalue weighted by Crippen LogP contribution is -2.20. The normalized spacial score (nSPS) is 11.2. The van der Waals surface area contributed by atoms with E-state index in [-0.39, 0.29) is 23.8 Å². The molecule has 1 amide bonds. The highest BCUT2D eigenvalue weighted by molar-refractivity contribution is 6.33. The molecular weight excluding hydrogens is 431 g/mol. The van der Waals surface area contributed by atoms with Crippen molar-refractivity contribution in [1.82, 2.24) is 14.0 Å². The van der Waals surface area contributed by atoms with Crippen LogP contribution in [0.1, 0.15) is 0 Å². The maximum absolute atomic E-state index is 13.3. The lowest BCUT2D eigenvalue weighted by Gasteiger charge is -2.09. The van der Waals surface area contributed by atoms with Gasteiger partial charge in [-0.3, -0.25) is 9.59 Å². The number of halogens is 2. The molecule has 1 N–H and O–H groups in total. The van der Waals surface area contributed by atoms with Crippen molar-refractivity contribution in [2.24, 2.45) is 0 Å². The molecule has 5 aromatic rings. The van der Waals surface area contributed by atoms with Gasteiger partial charge in [0.15, 0.2) is 0 Å². The second-order valence-corrected chi connectivity index (χ2v) is 7.63.